The molecule has 0 bridgehead atoms. The number of nitriles is 1. The fraction of sp³-hybridized carbons (Fsp3) is 0.303. The van der Waals surface area contributed by atoms with E-state index < -0.39 is 23.7 Å². The van der Waals surface area contributed by atoms with Gasteiger partial charge in [0.15, 0.2) is 5.54 Å². The first-order chi connectivity index (χ1) is 21.8. The molecule has 1 aliphatic rings. The van der Waals surface area contributed by atoms with Crippen molar-refractivity contribution in [3.05, 3.63) is 106 Å². The summed E-state index contributed by atoms with van der Waals surface area (Å²) in [4.78, 5) is 8.35. The second kappa shape index (κ2) is 11.6. The number of pyridine rings is 2. The fourth-order valence-electron chi connectivity index (χ4n) is 5.62. The molecule has 1 atom stereocenters. The summed E-state index contributed by atoms with van der Waals surface area (Å²) in [5.74, 6) is -0.698. The van der Waals surface area contributed by atoms with E-state index in [2.05, 4.69) is 50.8 Å². The van der Waals surface area contributed by atoms with Crippen LogP contribution in [0.2, 0.25) is 5.02 Å². The molecule has 46 heavy (non-hydrogen) atoms. The van der Waals surface area contributed by atoms with Gasteiger partial charge in [0, 0.05) is 40.5 Å². The molecule has 8 nitrogen and oxygen atoms in total. The molecule has 3 aromatic heterocycles. The standard InChI is InChI=1S/C33H29ClF4N8/c1-19-23(9-10-27(35)42-19)30(26-17-46(45-44-26)32(11-12-32)33(36,37)38)43-22-13-24-28(20(15-39)16-40-29(24)25(34)14-22)41-18-31(2,3)21-7-5-4-6-8-21/h4-10,13-14,16-17,30,43H,11-12,18H2,1-3H3,(H,40,41). The number of anilines is 2. The third-order valence-corrected chi connectivity index (χ3v) is 8.81. The summed E-state index contributed by atoms with van der Waals surface area (Å²) >= 11 is 6.73. The third kappa shape index (κ3) is 5.71. The Morgan fingerprint density at radius 1 is 1.11 bits per heavy atom. The van der Waals surface area contributed by atoms with Crippen molar-refractivity contribution in [2.75, 3.05) is 17.2 Å². The quantitative estimate of drug-likeness (QED) is 0.124. The van der Waals surface area contributed by atoms with Gasteiger partial charge in [-0.15, -0.1) is 5.10 Å². The van der Waals surface area contributed by atoms with Gasteiger partial charge in [0.05, 0.1) is 34.0 Å². The van der Waals surface area contributed by atoms with Crippen LogP contribution in [0.4, 0.5) is 28.9 Å². The van der Waals surface area contributed by atoms with Gasteiger partial charge in [0.1, 0.15) is 11.8 Å². The zero-order valence-electron chi connectivity index (χ0n) is 25.1. The molecule has 6 rings (SSSR count). The lowest BCUT2D eigenvalue weighted by Crippen LogP contribution is -2.35. The van der Waals surface area contributed by atoms with Crippen molar-refractivity contribution in [2.45, 2.75) is 56.8 Å². The summed E-state index contributed by atoms with van der Waals surface area (Å²) < 4.78 is 56.5. The molecule has 1 aliphatic carbocycles. The van der Waals surface area contributed by atoms with Gasteiger partial charge >= 0.3 is 6.18 Å². The Balaban J connectivity index is 1.41. The summed E-state index contributed by atoms with van der Waals surface area (Å²) in [6, 6.07) is 17.4. The van der Waals surface area contributed by atoms with Gasteiger partial charge in [-0.3, -0.25) is 4.98 Å². The maximum atomic E-state index is 14.0. The van der Waals surface area contributed by atoms with Gasteiger partial charge in [0.25, 0.3) is 0 Å². The number of aromatic nitrogens is 5. The van der Waals surface area contributed by atoms with E-state index in [-0.39, 0.29) is 29.0 Å². The molecule has 236 valence electrons. The molecule has 1 fully saturated rings. The molecule has 0 radical (unpaired) electrons. The summed E-state index contributed by atoms with van der Waals surface area (Å²) in [6.07, 6.45) is -1.97. The van der Waals surface area contributed by atoms with Crippen molar-refractivity contribution in [2.24, 2.45) is 0 Å². The number of hydrogen-bond donors (Lipinski definition) is 2. The molecule has 0 saturated heterocycles. The minimum atomic E-state index is -4.50. The SMILES string of the molecule is Cc1nc(F)ccc1C(Nc1cc(Cl)c2ncc(C#N)c(NCC(C)(C)c3ccccc3)c2c1)c1cn(C2(C(F)(F)F)CC2)nn1. The second-order valence-corrected chi connectivity index (χ2v) is 12.5. The van der Waals surface area contributed by atoms with E-state index in [1.165, 1.54) is 24.5 Å². The highest BCUT2D eigenvalue weighted by Crippen LogP contribution is 2.55. The van der Waals surface area contributed by atoms with E-state index in [1.807, 2.05) is 30.3 Å². The van der Waals surface area contributed by atoms with Crippen LogP contribution >= 0.6 is 11.6 Å². The first-order valence-corrected chi connectivity index (χ1v) is 14.9. The first-order valence-electron chi connectivity index (χ1n) is 14.5. The maximum Gasteiger partial charge on any atom is 0.413 e. The van der Waals surface area contributed by atoms with Crippen LogP contribution in [0, 0.1) is 24.2 Å². The van der Waals surface area contributed by atoms with Crippen LogP contribution in [0.25, 0.3) is 10.9 Å². The molecule has 0 aliphatic heterocycles. The minimum absolute atomic E-state index is 0.0973. The summed E-state index contributed by atoms with van der Waals surface area (Å²) in [6.45, 7) is 6.26. The maximum absolute atomic E-state index is 14.0. The zero-order chi connectivity index (χ0) is 32.9. The third-order valence-electron chi connectivity index (χ3n) is 8.52. The zero-order valence-corrected chi connectivity index (χ0v) is 25.9. The van der Waals surface area contributed by atoms with E-state index >= 15 is 0 Å². The predicted molar refractivity (Wildman–Crippen MR) is 167 cm³/mol. The lowest BCUT2D eigenvalue weighted by atomic mass is 9.84. The number of benzene rings is 2. The molecule has 0 amide bonds. The minimum Gasteiger partial charge on any atom is -0.383 e. The molecular formula is C33H29ClF4N8. The molecule has 13 heteroatoms. The Bertz CT molecular complexity index is 1960. The highest BCUT2D eigenvalue weighted by Gasteiger charge is 2.66. The van der Waals surface area contributed by atoms with Crippen LogP contribution in [0.3, 0.4) is 0 Å². The van der Waals surface area contributed by atoms with Crippen LogP contribution in [0.5, 0.6) is 0 Å². The summed E-state index contributed by atoms with van der Waals surface area (Å²) in [5, 5.41) is 25.5. The summed E-state index contributed by atoms with van der Waals surface area (Å²) in [5.41, 5.74) is 1.43. The van der Waals surface area contributed by atoms with E-state index in [9.17, 15) is 22.8 Å². The predicted octanol–water partition coefficient (Wildman–Crippen LogP) is 7.84. The van der Waals surface area contributed by atoms with Gasteiger partial charge in [-0.25, -0.2) is 9.67 Å². The first kappa shape index (κ1) is 31.2. The molecular weight excluding hydrogens is 620 g/mol. The topological polar surface area (TPSA) is 104 Å². The van der Waals surface area contributed by atoms with Crippen molar-refractivity contribution in [3.8, 4) is 6.07 Å². The van der Waals surface area contributed by atoms with E-state index in [0.717, 1.165) is 10.2 Å². The number of hydrogen-bond acceptors (Lipinski definition) is 7. The average molecular weight is 649 g/mol. The lowest BCUT2D eigenvalue weighted by Gasteiger charge is -2.27. The Labute approximate surface area is 267 Å². The normalized spacial score (nSPS) is 14.9. The Hall–Kier alpha value is -4.76. The van der Waals surface area contributed by atoms with Gasteiger partial charge < -0.3 is 10.6 Å². The number of fused-ring (bicyclic) bond motifs is 1. The Morgan fingerprint density at radius 3 is 2.50 bits per heavy atom. The smallest absolute Gasteiger partial charge is 0.383 e. The van der Waals surface area contributed by atoms with E-state index in [1.54, 1.807) is 19.1 Å². The van der Waals surface area contributed by atoms with E-state index in [0.29, 0.717) is 45.6 Å². The Kier molecular flexibility index (Phi) is 7.84. The number of halogens is 5. The number of rotatable bonds is 9. The van der Waals surface area contributed by atoms with Crippen LogP contribution < -0.4 is 10.6 Å². The van der Waals surface area contributed by atoms with Crippen molar-refractivity contribution in [1.29, 1.82) is 5.26 Å². The highest BCUT2D eigenvalue weighted by molar-refractivity contribution is 6.35. The van der Waals surface area contributed by atoms with Crippen LogP contribution in [-0.4, -0.2) is 37.7 Å². The largest absolute Gasteiger partial charge is 0.413 e. The van der Waals surface area contributed by atoms with Crippen molar-refractivity contribution in [3.63, 3.8) is 0 Å². The number of nitrogens with one attached hydrogen (secondary N) is 2. The molecule has 2 aromatic carbocycles. The monoisotopic (exact) mass is 648 g/mol. The average Bonchev–Trinajstić information content (AvgIpc) is 3.70. The number of nitrogens with zero attached hydrogens (tertiary/aromatic N) is 6. The van der Waals surface area contributed by atoms with Gasteiger partial charge in [-0.1, -0.05) is 67.1 Å². The van der Waals surface area contributed by atoms with E-state index in [4.69, 9.17) is 11.6 Å². The van der Waals surface area contributed by atoms with Crippen molar-refractivity contribution in [1.82, 2.24) is 25.0 Å². The highest BCUT2D eigenvalue weighted by atomic mass is 35.5. The summed E-state index contributed by atoms with van der Waals surface area (Å²) in [7, 11) is 0. The molecule has 5 aromatic rings. The fourth-order valence-corrected chi connectivity index (χ4v) is 5.89. The Morgan fingerprint density at radius 2 is 1.85 bits per heavy atom. The molecule has 3 heterocycles. The lowest BCUT2D eigenvalue weighted by molar-refractivity contribution is -0.182. The molecule has 1 unspecified atom stereocenters. The van der Waals surface area contributed by atoms with Crippen LogP contribution in [0.1, 0.15) is 60.8 Å². The van der Waals surface area contributed by atoms with Gasteiger partial charge in [-0.2, -0.15) is 22.8 Å². The van der Waals surface area contributed by atoms with Crippen molar-refractivity contribution >= 4 is 33.9 Å². The number of aryl methyl sites for hydroxylation is 1. The number of alkyl halides is 3. The van der Waals surface area contributed by atoms with Gasteiger partial charge in [0.2, 0.25) is 5.95 Å². The molecule has 2 N–H and O–H groups in total. The molecule has 1 saturated carbocycles. The second-order valence-electron chi connectivity index (χ2n) is 12.1. The van der Waals surface area contributed by atoms with Gasteiger partial charge in [-0.05, 0) is 43.5 Å². The van der Waals surface area contributed by atoms with Crippen LogP contribution in [0.15, 0.2) is 67.0 Å². The van der Waals surface area contributed by atoms with Crippen molar-refractivity contribution < 1.29 is 17.6 Å². The van der Waals surface area contributed by atoms with Crippen LogP contribution in [-0.2, 0) is 11.0 Å². The molecule has 0 spiro atoms.